The first-order valence-electron chi connectivity index (χ1n) is 8.74. The lowest BCUT2D eigenvalue weighted by molar-refractivity contribution is 0.285. The number of hydrogen-bond donors (Lipinski definition) is 2. The molecule has 0 saturated heterocycles. The molecule has 4 aromatic rings. The average molecular weight is 448 g/mol. The highest BCUT2D eigenvalue weighted by Gasteiger charge is 2.16. The van der Waals surface area contributed by atoms with Gasteiger partial charge in [-0.3, -0.25) is 0 Å². The van der Waals surface area contributed by atoms with Crippen molar-refractivity contribution in [2.75, 3.05) is 26.6 Å². The molecule has 0 fully saturated rings. The van der Waals surface area contributed by atoms with Crippen molar-refractivity contribution < 1.29 is 19.3 Å². The number of nitrogens with one attached hydrogen (secondary N) is 1. The zero-order chi connectivity index (χ0) is 21.3. The van der Waals surface area contributed by atoms with E-state index in [1.165, 1.54) is 11.3 Å². The summed E-state index contributed by atoms with van der Waals surface area (Å²) in [4.78, 5) is 14.3. The number of benzene rings is 1. The lowest BCUT2D eigenvalue weighted by atomic mass is 10.2. The minimum atomic E-state index is -0.0755. The minimum absolute atomic E-state index is 0.0755. The van der Waals surface area contributed by atoms with E-state index in [0.717, 1.165) is 16.0 Å². The number of rotatable bonds is 7. The summed E-state index contributed by atoms with van der Waals surface area (Å²) in [5.74, 6) is 2.65. The highest BCUT2D eigenvalue weighted by atomic mass is 35.5. The Labute approximate surface area is 180 Å². The van der Waals surface area contributed by atoms with Crippen LogP contribution in [-0.4, -0.2) is 46.0 Å². The van der Waals surface area contributed by atoms with E-state index in [4.69, 9.17) is 25.8 Å². The number of hydrogen-bond acceptors (Lipinski definition) is 9. The van der Waals surface area contributed by atoms with Crippen LogP contribution in [0.15, 0.2) is 30.7 Å². The second-order valence-electron chi connectivity index (χ2n) is 6.11. The van der Waals surface area contributed by atoms with Crippen LogP contribution in [0.2, 0.25) is 5.28 Å². The highest BCUT2D eigenvalue weighted by Crippen LogP contribution is 2.39. The maximum absolute atomic E-state index is 9.40. The second kappa shape index (κ2) is 8.34. The number of aromatic nitrogens is 4. The van der Waals surface area contributed by atoms with Gasteiger partial charge in [-0.2, -0.15) is 4.98 Å². The molecule has 0 unspecified atom stereocenters. The number of thiophene rings is 1. The number of anilines is 2. The van der Waals surface area contributed by atoms with Crippen LogP contribution in [0.1, 0.15) is 4.88 Å². The number of imidazole rings is 1. The van der Waals surface area contributed by atoms with Crippen LogP contribution in [0.3, 0.4) is 0 Å². The van der Waals surface area contributed by atoms with E-state index in [-0.39, 0.29) is 11.9 Å². The van der Waals surface area contributed by atoms with Crippen molar-refractivity contribution >= 4 is 44.8 Å². The number of nitrogens with zero attached hydrogens (tertiary/aromatic N) is 4. The molecule has 0 amide bonds. The number of halogens is 1. The summed E-state index contributed by atoms with van der Waals surface area (Å²) in [6.07, 6.45) is 3.44. The maximum Gasteiger partial charge on any atom is 0.225 e. The predicted octanol–water partition coefficient (Wildman–Crippen LogP) is 3.79. The molecule has 2 N–H and O–H groups in total. The quantitative estimate of drug-likeness (QED) is 0.412. The van der Waals surface area contributed by atoms with Crippen LogP contribution >= 0.6 is 22.9 Å². The highest BCUT2D eigenvalue weighted by molar-refractivity contribution is 7.18. The molecule has 9 nitrogen and oxygen atoms in total. The third kappa shape index (κ3) is 3.72. The fourth-order valence-electron chi connectivity index (χ4n) is 2.98. The number of aliphatic hydroxyl groups is 1. The van der Waals surface area contributed by atoms with Crippen LogP contribution < -0.4 is 19.5 Å². The van der Waals surface area contributed by atoms with E-state index in [1.54, 1.807) is 38.4 Å². The van der Waals surface area contributed by atoms with Gasteiger partial charge in [-0.15, -0.1) is 11.3 Å². The largest absolute Gasteiger partial charge is 0.493 e. The monoisotopic (exact) mass is 447 g/mol. The molecule has 156 valence electrons. The first-order chi connectivity index (χ1) is 14.6. The molecule has 0 aliphatic heterocycles. The number of ether oxygens (including phenoxy) is 3. The molecule has 0 aliphatic carbocycles. The van der Waals surface area contributed by atoms with Gasteiger partial charge in [-0.25, -0.2) is 9.97 Å². The number of methoxy groups -OCH3 is 3. The fourth-order valence-corrected chi connectivity index (χ4v) is 4.09. The third-order valence-electron chi connectivity index (χ3n) is 4.35. The molecule has 0 atom stereocenters. The van der Waals surface area contributed by atoms with Gasteiger partial charge in [-0.05, 0) is 17.7 Å². The van der Waals surface area contributed by atoms with Crippen LogP contribution in [0.4, 0.5) is 11.6 Å². The van der Waals surface area contributed by atoms with Crippen molar-refractivity contribution in [2.45, 2.75) is 6.61 Å². The van der Waals surface area contributed by atoms with Gasteiger partial charge >= 0.3 is 0 Å². The van der Waals surface area contributed by atoms with Crippen molar-refractivity contribution in [3.05, 3.63) is 40.9 Å². The van der Waals surface area contributed by atoms with E-state index in [1.807, 2.05) is 18.2 Å². The normalized spacial score (nSPS) is 11.0. The average Bonchev–Trinajstić information content (AvgIpc) is 3.39. The van der Waals surface area contributed by atoms with Crippen molar-refractivity contribution in [1.82, 2.24) is 19.5 Å². The Kier molecular flexibility index (Phi) is 5.62. The first kappa shape index (κ1) is 20.2. The molecular formula is C19H18ClN5O4S. The van der Waals surface area contributed by atoms with E-state index >= 15 is 0 Å². The van der Waals surface area contributed by atoms with Crippen LogP contribution in [0.25, 0.3) is 15.9 Å². The second-order valence-corrected chi connectivity index (χ2v) is 7.56. The van der Waals surface area contributed by atoms with E-state index in [2.05, 4.69) is 20.3 Å². The van der Waals surface area contributed by atoms with Crippen molar-refractivity contribution in [2.24, 2.45) is 0 Å². The molecule has 0 spiro atoms. The van der Waals surface area contributed by atoms with Gasteiger partial charge in [0.05, 0.1) is 45.2 Å². The summed E-state index contributed by atoms with van der Waals surface area (Å²) in [7, 11) is 4.68. The fraction of sp³-hybridized carbons (Fsp3) is 0.211. The summed E-state index contributed by atoms with van der Waals surface area (Å²) in [6.45, 7) is -0.0755. The summed E-state index contributed by atoms with van der Waals surface area (Å²) >= 11 is 7.41. The minimum Gasteiger partial charge on any atom is -0.493 e. The van der Waals surface area contributed by atoms with E-state index in [0.29, 0.717) is 33.7 Å². The molecule has 4 rings (SSSR count). The Morgan fingerprint density at radius 2 is 1.83 bits per heavy atom. The molecule has 11 heteroatoms. The van der Waals surface area contributed by atoms with E-state index < -0.39 is 0 Å². The van der Waals surface area contributed by atoms with Crippen molar-refractivity contribution in [3.8, 4) is 22.9 Å². The Hall–Kier alpha value is -3.08. The molecule has 3 heterocycles. The number of fused-ring (bicyclic) bond motifs is 1. The molecule has 1 aromatic carbocycles. The van der Waals surface area contributed by atoms with Crippen molar-refractivity contribution in [1.29, 1.82) is 0 Å². The predicted molar refractivity (Wildman–Crippen MR) is 115 cm³/mol. The topological polar surface area (TPSA) is 104 Å². The summed E-state index contributed by atoms with van der Waals surface area (Å²) in [5.41, 5.74) is 0.772. The summed E-state index contributed by atoms with van der Waals surface area (Å²) in [5, 5.41) is 13.4. The molecule has 0 radical (unpaired) electrons. The first-order valence-corrected chi connectivity index (χ1v) is 9.94. The molecule has 0 aliphatic rings. The van der Waals surface area contributed by atoms with Crippen molar-refractivity contribution in [3.63, 3.8) is 0 Å². The number of aliphatic hydroxyl groups excluding tert-OH is 1. The van der Waals surface area contributed by atoms with Gasteiger partial charge in [0.1, 0.15) is 22.8 Å². The van der Waals surface area contributed by atoms with Gasteiger partial charge in [-0.1, -0.05) is 0 Å². The standard InChI is InChI=1S/C19H18ClN5O4S/c1-27-13-4-10(5-14(28-2)16(13)29-3)25-7-15(21-9-25)22-17-12-6-11(8-26)30-18(12)24-19(20)23-17/h4-7,9,26H,8H2,1-3H3,(H,22,23,24). The molecule has 30 heavy (non-hydrogen) atoms. The van der Waals surface area contributed by atoms with Gasteiger partial charge < -0.3 is 29.2 Å². The maximum atomic E-state index is 9.40. The Bertz CT molecular complexity index is 1180. The van der Waals surface area contributed by atoms with Gasteiger partial charge in [0, 0.05) is 17.0 Å². The van der Waals surface area contributed by atoms with Crippen LogP contribution in [0, 0.1) is 0 Å². The smallest absolute Gasteiger partial charge is 0.225 e. The summed E-state index contributed by atoms with van der Waals surface area (Å²) in [6, 6.07) is 5.47. The SMILES string of the molecule is COc1cc(-n2cnc(Nc3nc(Cl)nc4sc(CO)cc34)c2)cc(OC)c1OC. The third-order valence-corrected chi connectivity index (χ3v) is 5.53. The molecule has 0 bridgehead atoms. The van der Waals surface area contributed by atoms with Gasteiger partial charge in [0.2, 0.25) is 11.0 Å². The zero-order valence-corrected chi connectivity index (χ0v) is 17.9. The van der Waals surface area contributed by atoms with Crippen LogP contribution in [0.5, 0.6) is 17.2 Å². The molecule has 0 saturated carbocycles. The van der Waals surface area contributed by atoms with Gasteiger partial charge in [0.15, 0.2) is 11.5 Å². The Balaban J connectivity index is 1.69. The van der Waals surface area contributed by atoms with E-state index in [9.17, 15) is 5.11 Å². The Morgan fingerprint density at radius 3 is 2.47 bits per heavy atom. The summed E-state index contributed by atoms with van der Waals surface area (Å²) < 4.78 is 18.0. The van der Waals surface area contributed by atoms with Gasteiger partial charge in [0.25, 0.3) is 0 Å². The molecule has 3 aromatic heterocycles. The lowest BCUT2D eigenvalue weighted by Crippen LogP contribution is -1.99. The zero-order valence-electron chi connectivity index (χ0n) is 16.3. The lowest BCUT2D eigenvalue weighted by Gasteiger charge is -2.14. The Morgan fingerprint density at radius 1 is 1.10 bits per heavy atom. The van der Waals surface area contributed by atoms with Crippen LogP contribution in [-0.2, 0) is 6.61 Å². The molecular weight excluding hydrogens is 430 g/mol.